The van der Waals surface area contributed by atoms with Gasteiger partial charge in [0.15, 0.2) is 0 Å². The SMILES string of the molecule is CSC1CCCC1Nc1cc2[nH]ncc2cc1N. The fraction of sp³-hybridized carbons (Fsp3) is 0.462. The van der Waals surface area contributed by atoms with Crippen LogP contribution in [0.5, 0.6) is 0 Å². The first kappa shape index (κ1) is 11.7. The molecule has 2 atom stereocenters. The van der Waals surface area contributed by atoms with E-state index in [0.29, 0.717) is 11.3 Å². The van der Waals surface area contributed by atoms with Crippen LogP contribution >= 0.6 is 11.8 Å². The smallest absolute Gasteiger partial charge is 0.0672 e. The number of nitrogens with one attached hydrogen (secondary N) is 2. The van der Waals surface area contributed by atoms with Crippen LogP contribution in [-0.4, -0.2) is 27.7 Å². The summed E-state index contributed by atoms with van der Waals surface area (Å²) in [6.07, 6.45) is 7.81. The minimum Gasteiger partial charge on any atom is -0.397 e. The lowest BCUT2D eigenvalue weighted by Gasteiger charge is -2.21. The number of rotatable bonds is 3. The van der Waals surface area contributed by atoms with Gasteiger partial charge in [0.2, 0.25) is 0 Å². The van der Waals surface area contributed by atoms with Crippen LogP contribution < -0.4 is 11.1 Å². The predicted octanol–water partition coefficient (Wildman–Crippen LogP) is 2.84. The predicted molar refractivity (Wildman–Crippen MR) is 79.1 cm³/mol. The van der Waals surface area contributed by atoms with Crippen LogP contribution in [0.4, 0.5) is 11.4 Å². The second-order valence-electron chi connectivity index (χ2n) is 4.85. The Morgan fingerprint density at radius 2 is 2.33 bits per heavy atom. The maximum Gasteiger partial charge on any atom is 0.0672 e. The molecule has 0 radical (unpaired) electrons. The van der Waals surface area contributed by atoms with Crippen LogP contribution in [0, 0.1) is 0 Å². The molecule has 5 heteroatoms. The Hall–Kier alpha value is -1.36. The van der Waals surface area contributed by atoms with E-state index in [-0.39, 0.29) is 0 Å². The molecule has 1 aliphatic carbocycles. The highest BCUT2D eigenvalue weighted by Gasteiger charge is 2.26. The summed E-state index contributed by atoms with van der Waals surface area (Å²) in [6, 6.07) is 4.57. The molecule has 96 valence electrons. The van der Waals surface area contributed by atoms with Gasteiger partial charge in [-0.3, -0.25) is 5.10 Å². The van der Waals surface area contributed by atoms with E-state index in [2.05, 4.69) is 27.8 Å². The summed E-state index contributed by atoms with van der Waals surface area (Å²) in [5.74, 6) is 0. The maximum absolute atomic E-state index is 6.10. The molecule has 1 aromatic heterocycles. The van der Waals surface area contributed by atoms with E-state index >= 15 is 0 Å². The molecule has 3 rings (SSSR count). The highest BCUT2D eigenvalue weighted by molar-refractivity contribution is 7.99. The molecule has 18 heavy (non-hydrogen) atoms. The third-order valence-electron chi connectivity index (χ3n) is 3.71. The first-order valence-electron chi connectivity index (χ1n) is 6.30. The zero-order valence-electron chi connectivity index (χ0n) is 10.4. The van der Waals surface area contributed by atoms with Crippen molar-refractivity contribution in [3.63, 3.8) is 0 Å². The van der Waals surface area contributed by atoms with Crippen molar-refractivity contribution in [2.75, 3.05) is 17.3 Å². The second kappa shape index (κ2) is 4.72. The molecule has 4 N–H and O–H groups in total. The Morgan fingerprint density at radius 1 is 1.44 bits per heavy atom. The summed E-state index contributed by atoms with van der Waals surface area (Å²) in [7, 11) is 0. The molecule has 2 aromatic rings. The number of nitrogen functional groups attached to an aromatic ring is 1. The lowest BCUT2D eigenvalue weighted by atomic mass is 10.1. The van der Waals surface area contributed by atoms with E-state index in [1.165, 1.54) is 19.3 Å². The van der Waals surface area contributed by atoms with E-state index in [1.807, 2.05) is 17.8 Å². The molecule has 4 nitrogen and oxygen atoms in total. The van der Waals surface area contributed by atoms with Crippen molar-refractivity contribution in [1.82, 2.24) is 10.2 Å². The normalized spacial score (nSPS) is 23.6. The van der Waals surface area contributed by atoms with Gasteiger partial charge < -0.3 is 11.1 Å². The summed E-state index contributed by atoms with van der Waals surface area (Å²) in [5, 5.41) is 12.4. The largest absolute Gasteiger partial charge is 0.397 e. The van der Waals surface area contributed by atoms with Crippen molar-refractivity contribution >= 4 is 34.0 Å². The molecule has 2 unspecified atom stereocenters. The molecule has 0 amide bonds. The molecule has 1 fully saturated rings. The van der Waals surface area contributed by atoms with Crippen LogP contribution in [0.25, 0.3) is 10.9 Å². The number of aromatic amines is 1. The van der Waals surface area contributed by atoms with Gasteiger partial charge in [-0.15, -0.1) is 0 Å². The average molecular weight is 262 g/mol. The number of anilines is 2. The number of hydrogen-bond acceptors (Lipinski definition) is 4. The van der Waals surface area contributed by atoms with Gasteiger partial charge in [-0.2, -0.15) is 16.9 Å². The lowest BCUT2D eigenvalue weighted by Crippen LogP contribution is -2.26. The van der Waals surface area contributed by atoms with Crippen molar-refractivity contribution < 1.29 is 0 Å². The molecule has 1 heterocycles. The highest BCUT2D eigenvalue weighted by atomic mass is 32.2. The minimum atomic E-state index is 0.530. The zero-order valence-corrected chi connectivity index (χ0v) is 11.3. The molecular weight excluding hydrogens is 244 g/mol. The fourth-order valence-corrected chi connectivity index (χ4v) is 3.64. The molecule has 0 aliphatic heterocycles. The van der Waals surface area contributed by atoms with Gasteiger partial charge >= 0.3 is 0 Å². The highest BCUT2D eigenvalue weighted by Crippen LogP contribution is 2.33. The average Bonchev–Trinajstić information content (AvgIpc) is 2.98. The monoisotopic (exact) mass is 262 g/mol. The number of nitrogens with two attached hydrogens (primary N) is 1. The van der Waals surface area contributed by atoms with Crippen molar-refractivity contribution in [3.8, 4) is 0 Å². The quantitative estimate of drug-likeness (QED) is 0.744. The first-order valence-corrected chi connectivity index (χ1v) is 7.58. The molecule has 1 aromatic carbocycles. The minimum absolute atomic E-state index is 0.530. The van der Waals surface area contributed by atoms with Gasteiger partial charge in [-0.1, -0.05) is 6.42 Å². The van der Waals surface area contributed by atoms with Gasteiger partial charge in [0.05, 0.1) is 23.1 Å². The standard InChI is InChI=1S/C13H18N4S/c1-18-13-4-2-3-10(13)16-12-6-11-8(5-9(12)14)7-15-17-11/h5-7,10,13,16H,2-4,14H2,1H3,(H,15,17). The summed E-state index contributed by atoms with van der Waals surface area (Å²) in [6.45, 7) is 0. The van der Waals surface area contributed by atoms with Crippen LogP contribution in [0.2, 0.25) is 0 Å². The topological polar surface area (TPSA) is 66.7 Å². The van der Waals surface area contributed by atoms with Crippen LogP contribution in [0.3, 0.4) is 0 Å². The Labute approximate surface area is 111 Å². The summed E-state index contributed by atoms with van der Waals surface area (Å²) in [4.78, 5) is 0. The number of H-pyrrole nitrogens is 1. The molecule has 0 bridgehead atoms. The number of hydrogen-bond donors (Lipinski definition) is 3. The second-order valence-corrected chi connectivity index (χ2v) is 5.93. The molecule has 1 aliphatic rings. The maximum atomic E-state index is 6.10. The molecule has 0 spiro atoms. The van der Waals surface area contributed by atoms with E-state index < -0.39 is 0 Å². The Balaban J connectivity index is 1.87. The van der Waals surface area contributed by atoms with Gasteiger partial charge in [0.25, 0.3) is 0 Å². The van der Waals surface area contributed by atoms with E-state index in [0.717, 1.165) is 22.3 Å². The summed E-state index contributed by atoms with van der Waals surface area (Å²) >= 11 is 1.95. The van der Waals surface area contributed by atoms with Gasteiger partial charge in [0.1, 0.15) is 0 Å². The van der Waals surface area contributed by atoms with Gasteiger partial charge in [-0.05, 0) is 31.2 Å². The fourth-order valence-electron chi connectivity index (χ4n) is 2.71. The Kier molecular flexibility index (Phi) is 3.07. The number of fused-ring (bicyclic) bond motifs is 1. The van der Waals surface area contributed by atoms with Crippen molar-refractivity contribution in [2.45, 2.75) is 30.6 Å². The third kappa shape index (κ3) is 2.03. The summed E-state index contributed by atoms with van der Waals surface area (Å²) in [5.41, 5.74) is 8.96. The molecule has 0 saturated heterocycles. The first-order chi connectivity index (χ1) is 8.78. The van der Waals surface area contributed by atoms with E-state index in [1.54, 1.807) is 6.20 Å². The Bertz CT molecular complexity index is 551. The number of nitrogens with zero attached hydrogens (tertiary/aromatic N) is 1. The van der Waals surface area contributed by atoms with Gasteiger partial charge in [-0.25, -0.2) is 0 Å². The number of thioether (sulfide) groups is 1. The van der Waals surface area contributed by atoms with Crippen LogP contribution in [-0.2, 0) is 0 Å². The Morgan fingerprint density at radius 3 is 3.17 bits per heavy atom. The van der Waals surface area contributed by atoms with Crippen molar-refractivity contribution in [3.05, 3.63) is 18.3 Å². The van der Waals surface area contributed by atoms with Crippen molar-refractivity contribution in [1.29, 1.82) is 0 Å². The molecular formula is C13H18N4S. The number of aromatic nitrogens is 2. The number of benzene rings is 1. The summed E-state index contributed by atoms with van der Waals surface area (Å²) < 4.78 is 0. The van der Waals surface area contributed by atoms with E-state index in [9.17, 15) is 0 Å². The van der Waals surface area contributed by atoms with E-state index in [4.69, 9.17) is 5.73 Å². The van der Waals surface area contributed by atoms with Gasteiger partial charge in [0, 0.05) is 16.7 Å². The molecule has 1 saturated carbocycles. The van der Waals surface area contributed by atoms with Crippen LogP contribution in [0.1, 0.15) is 19.3 Å². The van der Waals surface area contributed by atoms with Crippen molar-refractivity contribution in [2.24, 2.45) is 0 Å². The lowest BCUT2D eigenvalue weighted by molar-refractivity contribution is 0.769. The zero-order chi connectivity index (χ0) is 12.5. The van der Waals surface area contributed by atoms with Crippen LogP contribution in [0.15, 0.2) is 18.3 Å². The third-order valence-corrected chi connectivity index (χ3v) is 4.88.